The van der Waals surface area contributed by atoms with E-state index in [1.54, 1.807) is 31.1 Å². The molecule has 3 atom stereocenters. The van der Waals surface area contributed by atoms with Gasteiger partial charge in [0.15, 0.2) is 0 Å². The second-order valence-corrected chi connectivity index (χ2v) is 8.74. The smallest absolute Gasteiger partial charge is 0.259 e. The Morgan fingerprint density at radius 2 is 2.10 bits per heavy atom. The molecule has 1 aromatic heterocycles. The minimum atomic E-state index is -0.455. The maximum absolute atomic E-state index is 13.2. The fourth-order valence-corrected chi connectivity index (χ4v) is 3.79. The van der Waals surface area contributed by atoms with Crippen LogP contribution in [0.15, 0.2) is 41.0 Å². The number of carbonyl (C=O) groups is 2. The Morgan fingerprint density at radius 3 is 2.74 bits per heavy atom. The third-order valence-corrected chi connectivity index (χ3v) is 5.81. The zero-order chi connectivity index (χ0) is 22.7. The molecule has 0 spiro atoms. The molecule has 3 rings (SSSR count). The number of benzene rings is 1. The molecule has 1 aliphatic rings. The molecule has 0 saturated carbocycles. The number of nitrogens with zero attached hydrogens (tertiary/aromatic N) is 3. The van der Waals surface area contributed by atoms with Crippen LogP contribution in [0.5, 0.6) is 5.88 Å². The molecule has 0 fully saturated rings. The Morgan fingerprint density at radius 1 is 1.42 bits per heavy atom. The molecule has 7 nitrogen and oxygen atoms in total. The number of fused-ring (bicyclic) bond motifs is 1. The second-order valence-electron chi connectivity index (χ2n) is 7.82. The van der Waals surface area contributed by atoms with E-state index in [4.69, 9.17) is 4.74 Å². The normalized spacial score (nSPS) is 19.7. The fourth-order valence-electron chi connectivity index (χ4n) is 3.46. The van der Waals surface area contributed by atoms with E-state index in [9.17, 15) is 19.1 Å². The number of aliphatic hydroxyl groups is 1. The van der Waals surface area contributed by atoms with E-state index < -0.39 is 11.9 Å². The summed E-state index contributed by atoms with van der Waals surface area (Å²) in [4.78, 5) is 33.3. The van der Waals surface area contributed by atoms with E-state index in [2.05, 4.69) is 20.9 Å². The zero-order valence-corrected chi connectivity index (χ0v) is 19.2. The summed E-state index contributed by atoms with van der Waals surface area (Å²) in [6.07, 6.45) is 1.09. The SMILES string of the molecule is C[C@@H]1CN([C@@H](C)CO)C(=O)c2cc(Br)cnc2O[C@H]1CN(C)C(=O)c1ccc(F)cc1. The van der Waals surface area contributed by atoms with Gasteiger partial charge in [-0.2, -0.15) is 0 Å². The van der Waals surface area contributed by atoms with Crippen LogP contribution in [-0.4, -0.2) is 70.6 Å². The monoisotopic (exact) mass is 493 g/mol. The van der Waals surface area contributed by atoms with E-state index in [-0.39, 0.29) is 42.8 Å². The van der Waals surface area contributed by atoms with Crippen molar-refractivity contribution >= 4 is 27.7 Å². The number of carbonyl (C=O) groups excluding carboxylic acids is 2. The largest absolute Gasteiger partial charge is 0.472 e. The Kier molecular flexibility index (Phi) is 7.27. The second kappa shape index (κ2) is 9.74. The van der Waals surface area contributed by atoms with Crippen LogP contribution < -0.4 is 4.74 Å². The summed E-state index contributed by atoms with van der Waals surface area (Å²) in [6.45, 7) is 4.11. The first kappa shape index (κ1) is 23.1. The summed E-state index contributed by atoms with van der Waals surface area (Å²) < 4.78 is 19.9. The van der Waals surface area contributed by atoms with Gasteiger partial charge in [0, 0.05) is 35.7 Å². The first-order valence-electron chi connectivity index (χ1n) is 9.96. The van der Waals surface area contributed by atoms with Crippen molar-refractivity contribution in [3.05, 3.63) is 57.9 Å². The van der Waals surface area contributed by atoms with Crippen molar-refractivity contribution in [1.82, 2.24) is 14.8 Å². The molecule has 1 N–H and O–H groups in total. The molecule has 0 saturated heterocycles. The lowest BCUT2D eigenvalue weighted by Crippen LogP contribution is -2.50. The lowest BCUT2D eigenvalue weighted by Gasteiger charge is -2.37. The molecule has 9 heteroatoms. The molecule has 31 heavy (non-hydrogen) atoms. The Labute approximate surface area is 189 Å². The summed E-state index contributed by atoms with van der Waals surface area (Å²) in [5.41, 5.74) is 0.662. The van der Waals surface area contributed by atoms with Crippen LogP contribution in [0.4, 0.5) is 4.39 Å². The van der Waals surface area contributed by atoms with Gasteiger partial charge in [-0.1, -0.05) is 6.92 Å². The van der Waals surface area contributed by atoms with Crippen molar-refractivity contribution in [2.75, 3.05) is 26.7 Å². The molecule has 2 amide bonds. The van der Waals surface area contributed by atoms with E-state index in [0.717, 1.165) is 0 Å². The number of rotatable bonds is 5. The van der Waals surface area contributed by atoms with Gasteiger partial charge in [0.05, 0.1) is 19.2 Å². The van der Waals surface area contributed by atoms with Crippen LogP contribution in [0.1, 0.15) is 34.6 Å². The highest BCUT2D eigenvalue weighted by molar-refractivity contribution is 9.10. The van der Waals surface area contributed by atoms with Gasteiger partial charge in [-0.25, -0.2) is 9.37 Å². The number of hydrogen-bond acceptors (Lipinski definition) is 5. The fraction of sp³-hybridized carbons (Fsp3) is 0.409. The van der Waals surface area contributed by atoms with Crippen LogP contribution in [-0.2, 0) is 0 Å². The Bertz CT molecular complexity index is 956. The van der Waals surface area contributed by atoms with Crippen LogP contribution in [0.2, 0.25) is 0 Å². The minimum Gasteiger partial charge on any atom is -0.472 e. The van der Waals surface area contributed by atoms with Crippen LogP contribution in [0.3, 0.4) is 0 Å². The number of likely N-dealkylation sites (N-methyl/N-ethyl adjacent to an activating group) is 1. The van der Waals surface area contributed by atoms with Gasteiger partial charge in [0.1, 0.15) is 17.5 Å². The van der Waals surface area contributed by atoms with Gasteiger partial charge in [0.25, 0.3) is 11.8 Å². The lowest BCUT2D eigenvalue weighted by molar-refractivity contribution is 0.0313. The predicted octanol–water partition coefficient (Wildman–Crippen LogP) is 2.98. The number of aliphatic hydroxyl groups excluding tert-OH is 1. The van der Waals surface area contributed by atoms with Gasteiger partial charge in [-0.05, 0) is 53.2 Å². The molecule has 0 radical (unpaired) electrons. The lowest BCUT2D eigenvalue weighted by atomic mass is 10.00. The Balaban J connectivity index is 1.89. The maximum atomic E-state index is 13.2. The van der Waals surface area contributed by atoms with Crippen LogP contribution in [0, 0.1) is 11.7 Å². The highest BCUT2D eigenvalue weighted by Gasteiger charge is 2.34. The van der Waals surface area contributed by atoms with Crippen molar-refractivity contribution in [2.45, 2.75) is 26.0 Å². The summed E-state index contributed by atoms with van der Waals surface area (Å²) in [5, 5.41) is 9.66. The topological polar surface area (TPSA) is 83.0 Å². The zero-order valence-electron chi connectivity index (χ0n) is 17.6. The number of aromatic nitrogens is 1. The summed E-state index contributed by atoms with van der Waals surface area (Å²) in [7, 11) is 1.65. The van der Waals surface area contributed by atoms with Crippen LogP contribution >= 0.6 is 15.9 Å². The summed E-state index contributed by atoms with van der Waals surface area (Å²) in [6, 6.07) is 6.62. The van der Waals surface area contributed by atoms with E-state index in [1.807, 2.05) is 6.92 Å². The van der Waals surface area contributed by atoms with Crippen molar-refractivity contribution < 1.29 is 23.8 Å². The Hall–Kier alpha value is -2.52. The molecule has 2 heterocycles. The average molecular weight is 494 g/mol. The van der Waals surface area contributed by atoms with E-state index in [0.29, 0.717) is 22.1 Å². The molecule has 166 valence electrons. The first-order chi connectivity index (χ1) is 14.7. The van der Waals surface area contributed by atoms with E-state index in [1.165, 1.54) is 29.2 Å². The van der Waals surface area contributed by atoms with E-state index >= 15 is 0 Å². The van der Waals surface area contributed by atoms with Gasteiger partial charge in [0.2, 0.25) is 5.88 Å². The van der Waals surface area contributed by atoms with Crippen molar-refractivity contribution in [1.29, 1.82) is 0 Å². The van der Waals surface area contributed by atoms with Crippen molar-refractivity contribution in [3.63, 3.8) is 0 Å². The van der Waals surface area contributed by atoms with Crippen molar-refractivity contribution in [3.8, 4) is 5.88 Å². The van der Waals surface area contributed by atoms with Crippen LogP contribution in [0.25, 0.3) is 0 Å². The van der Waals surface area contributed by atoms with Gasteiger partial charge in [-0.3, -0.25) is 9.59 Å². The quantitative estimate of drug-likeness (QED) is 0.692. The predicted molar refractivity (Wildman–Crippen MR) is 116 cm³/mol. The standard InChI is InChI=1S/C22H25BrFN3O4/c1-13-10-27(14(2)12-28)22(30)18-8-16(23)9-25-20(18)31-19(13)11-26(3)21(29)15-4-6-17(24)7-5-15/h4-9,13-14,19,28H,10-12H2,1-3H3/t13-,14+,19+/m1/s1. The first-order valence-corrected chi connectivity index (χ1v) is 10.8. The minimum absolute atomic E-state index is 0.153. The molecular formula is C22H25BrFN3O4. The average Bonchev–Trinajstić information content (AvgIpc) is 2.76. The molecule has 0 aliphatic carbocycles. The maximum Gasteiger partial charge on any atom is 0.259 e. The molecule has 0 unspecified atom stereocenters. The molecular weight excluding hydrogens is 469 g/mol. The molecule has 1 aromatic carbocycles. The summed E-state index contributed by atoms with van der Waals surface area (Å²) in [5.74, 6) is -0.916. The third-order valence-electron chi connectivity index (χ3n) is 5.38. The highest BCUT2D eigenvalue weighted by atomic mass is 79.9. The number of amides is 2. The molecule has 2 aromatic rings. The molecule has 1 aliphatic heterocycles. The third kappa shape index (κ3) is 5.22. The van der Waals surface area contributed by atoms with Gasteiger partial charge >= 0.3 is 0 Å². The van der Waals surface area contributed by atoms with Gasteiger partial charge in [-0.15, -0.1) is 0 Å². The molecule has 0 bridgehead atoms. The van der Waals surface area contributed by atoms with Gasteiger partial charge < -0.3 is 19.6 Å². The summed E-state index contributed by atoms with van der Waals surface area (Å²) >= 11 is 3.34. The van der Waals surface area contributed by atoms with Crippen molar-refractivity contribution in [2.24, 2.45) is 5.92 Å². The number of halogens is 2. The number of hydrogen-bond donors (Lipinski definition) is 1. The number of ether oxygens (including phenoxy) is 1. The number of pyridine rings is 1. The highest BCUT2D eigenvalue weighted by Crippen LogP contribution is 2.28.